The van der Waals surface area contributed by atoms with Crippen LogP contribution in [0.3, 0.4) is 0 Å². The second-order valence-corrected chi connectivity index (χ2v) is 9.25. The van der Waals surface area contributed by atoms with E-state index in [0.29, 0.717) is 10.4 Å². The molecule has 2 aromatic heterocycles. The Balaban J connectivity index is 1.74. The maximum Gasteiger partial charge on any atom is 0.261 e. The fourth-order valence-electron chi connectivity index (χ4n) is 3.31. The molecule has 7 nitrogen and oxygen atoms in total. The Kier molecular flexibility index (Phi) is 5.15. The molecule has 28 heavy (non-hydrogen) atoms. The predicted octanol–water partition coefficient (Wildman–Crippen LogP) is 2.42. The minimum atomic E-state index is -3.64. The van der Waals surface area contributed by atoms with Crippen molar-refractivity contribution in [1.29, 1.82) is 0 Å². The Morgan fingerprint density at radius 1 is 1.25 bits per heavy atom. The molecule has 1 N–H and O–H groups in total. The van der Waals surface area contributed by atoms with Crippen LogP contribution >= 0.6 is 11.3 Å². The first-order valence-corrected chi connectivity index (χ1v) is 11.0. The number of pyridine rings is 1. The van der Waals surface area contributed by atoms with Gasteiger partial charge in [-0.2, -0.15) is 4.31 Å². The van der Waals surface area contributed by atoms with Gasteiger partial charge in [0.25, 0.3) is 5.91 Å². The lowest BCUT2D eigenvalue weighted by molar-refractivity contribution is -0.00192. The van der Waals surface area contributed by atoms with Crippen molar-refractivity contribution in [3.8, 4) is 0 Å². The predicted molar refractivity (Wildman–Crippen MR) is 107 cm³/mol. The summed E-state index contributed by atoms with van der Waals surface area (Å²) in [6, 6.07) is 12.0. The lowest BCUT2D eigenvalue weighted by Crippen LogP contribution is -2.42. The molecule has 1 atom stereocenters. The van der Waals surface area contributed by atoms with E-state index in [9.17, 15) is 13.2 Å². The molecule has 9 heteroatoms. The summed E-state index contributed by atoms with van der Waals surface area (Å²) in [4.78, 5) is 18.2. The minimum absolute atomic E-state index is 0.141. The number of amides is 1. The summed E-state index contributed by atoms with van der Waals surface area (Å²) in [7, 11) is -2.07. The molecule has 3 aromatic rings. The number of ether oxygens (including phenoxy) is 1. The van der Waals surface area contributed by atoms with Gasteiger partial charge in [-0.05, 0) is 18.2 Å². The molecule has 0 radical (unpaired) electrons. The molecule has 0 spiro atoms. The fourth-order valence-corrected chi connectivity index (χ4v) is 5.90. The first kappa shape index (κ1) is 19.0. The average molecular weight is 418 g/mol. The molecular formula is C19H19N3O4S2. The number of carbonyl (C=O) groups excluding carboxylic acids is 1. The third-order valence-electron chi connectivity index (χ3n) is 4.67. The van der Waals surface area contributed by atoms with Crippen LogP contribution in [0.2, 0.25) is 0 Å². The summed E-state index contributed by atoms with van der Waals surface area (Å²) in [5.41, 5.74) is 0.695. The van der Waals surface area contributed by atoms with E-state index in [1.165, 1.54) is 15.6 Å². The molecular weight excluding hydrogens is 398 g/mol. The van der Waals surface area contributed by atoms with E-state index in [1.807, 2.05) is 6.07 Å². The second-order valence-electron chi connectivity index (χ2n) is 6.32. The van der Waals surface area contributed by atoms with Crippen LogP contribution in [0.4, 0.5) is 0 Å². The number of carbonyl (C=O) groups is 1. The Hall–Kier alpha value is -2.33. The molecule has 3 heterocycles. The van der Waals surface area contributed by atoms with Crippen molar-refractivity contribution in [1.82, 2.24) is 14.6 Å². The Labute approximate surface area is 167 Å². The van der Waals surface area contributed by atoms with Crippen molar-refractivity contribution in [3.63, 3.8) is 0 Å². The fraction of sp³-hybridized carbons (Fsp3) is 0.263. The molecule has 1 aliphatic heterocycles. The molecule has 4 rings (SSSR count). The number of nitrogens with zero attached hydrogens (tertiary/aromatic N) is 2. The number of hydrogen-bond acceptors (Lipinski definition) is 6. The number of sulfonamides is 1. The van der Waals surface area contributed by atoms with Crippen LogP contribution in [-0.4, -0.2) is 50.4 Å². The third-order valence-corrected chi connectivity index (χ3v) is 7.68. The van der Waals surface area contributed by atoms with Gasteiger partial charge in [0.1, 0.15) is 9.71 Å². The Morgan fingerprint density at radius 3 is 2.79 bits per heavy atom. The molecule has 0 bridgehead atoms. The highest BCUT2D eigenvalue weighted by Crippen LogP contribution is 2.38. The van der Waals surface area contributed by atoms with Crippen LogP contribution in [0.15, 0.2) is 53.6 Å². The second kappa shape index (κ2) is 7.59. The van der Waals surface area contributed by atoms with Gasteiger partial charge >= 0.3 is 0 Å². The topological polar surface area (TPSA) is 88.6 Å². The van der Waals surface area contributed by atoms with Crippen LogP contribution < -0.4 is 5.32 Å². The van der Waals surface area contributed by atoms with Gasteiger partial charge in [0.05, 0.1) is 17.6 Å². The summed E-state index contributed by atoms with van der Waals surface area (Å²) in [5.74, 6) is -0.232. The first-order chi connectivity index (χ1) is 13.5. The number of aromatic nitrogens is 1. The SMILES string of the molecule is CNC(=O)c1sc2ncccc2c1[C@H]1CN(S(=O)(=O)c2ccccc2)CCO1. The van der Waals surface area contributed by atoms with Crippen LogP contribution in [0.25, 0.3) is 10.2 Å². The largest absolute Gasteiger partial charge is 0.371 e. The maximum atomic E-state index is 13.0. The number of thiophene rings is 1. The molecule has 1 saturated heterocycles. The molecule has 0 unspecified atom stereocenters. The van der Waals surface area contributed by atoms with Gasteiger partial charge in [0.2, 0.25) is 10.0 Å². The Morgan fingerprint density at radius 2 is 2.04 bits per heavy atom. The van der Waals surface area contributed by atoms with Crippen molar-refractivity contribution < 1.29 is 17.9 Å². The monoisotopic (exact) mass is 417 g/mol. The number of benzene rings is 1. The van der Waals surface area contributed by atoms with E-state index in [4.69, 9.17) is 4.74 Å². The van der Waals surface area contributed by atoms with Crippen molar-refractivity contribution in [2.45, 2.75) is 11.0 Å². The van der Waals surface area contributed by atoms with Crippen molar-refractivity contribution in [2.24, 2.45) is 0 Å². The minimum Gasteiger partial charge on any atom is -0.371 e. The molecule has 0 saturated carbocycles. The molecule has 0 aliphatic carbocycles. The van der Waals surface area contributed by atoms with E-state index in [0.717, 1.165) is 10.2 Å². The number of hydrogen-bond donors (Lipinski definition) is 1. The highest BCUT2D eigenvalue weighted by Gasteiger charge is 2.35. The van der Waals surface area contributed by atoms with E-state index in [-0.39, 0.29) is 30.5 Å². The summed E-state index contributed by atoms with van der Waals surface area (Å²) in [6.45, 7) is 0.660. The highest BCUT2D eigenvalue weighted by atomic mass is 32.2. The zero-order chi connectivity index (χ0) is 19.7. The van der Waals surface area contributed by atoms with Gasteiger partial charge in [-0.25, -0.2) is 13.4 Å². The van der Waals surface area contributed by atoms with Crippen LogP contribution in [0.1, 0.15) is 21.3 Å². The van der Waals surface area contributed by atoms with Crippen LogP contribution in [-0.2, 0) is 14.8 Å². The number of nitrogens with one attached hydrogen (secondary N) is 1. The first-order valence-electron chi connectivity index (χ1n) is 8.78. The normalized spacial score (nSPS) is 18.2. The Bertz CT molecular complexity index is 1110. The quantitative estimate of drug-likeness (QED) is 0.704. The number of rotatable bonds is 4. The van der Waals surface area contributed by atoms with E-state index in [2.05, 4.69) is 10.3 Å². The van der Waals surface area contributed by atoms with Gasteiger partial charge in [-0.3, -0.25) is 4.79 Å². The van der Waals surface area contributed by atoms with Crippen molar-refractivity contribution in [3.05, 3.63) is 59.1 Å². The number of morpholine rings is 1. The van der Waals surface area contributed by atoms with Gasteiger partial charge in [0.15, 0.2) is 0 Å². The lowest BCUT2D eigenvalue weighted by atomic mass is 10.0. The summed E-state index contributed by atoms with van der Waals surface area (Å²) in [6.07, 6.45) is 1.13. The van der Waals surface area contributed by atoms with Gasteiger partial charge < -0.3 is 10.1 Å². The van der Waals surface area contributed by atoms with Crippen LogP contribution in [0, 0.1) is 0 Å². The molecule has 1 fully saturated rings. The molecule has 146 valence electrons. The number of fused-ring (bicyclic) bond motifs is 1. The lowest BCUT2D eigenvalue weighted by Gasteiger charge is -2.32. The van der Waals surface area contributed by atoms with Gasteiger partial charge in [-0.15, -0.1) is 11.3 Å². The van der Waals surface area contributed by atoms with Crippen LogP contribution in [0.5, 0.6) is 0 Å². The summed E-state index contributed by atoms with van der Waals surface area (Å²) in [5, 5.41) is 3.46. The van der Waals surface area contributed by atoms with Gasteiger partial charge in [-0.1, -0.05) is 24.3 Å². The third kappa shape index (κ3) is 3.30. The molecule has 1 amide bonds. The molecule has 1 aliphatic rings. The zero-order valence-electron chi connectivity index (χ0n) is 15.2. The zero-order valence-corrected chi connectivity index (χ0v) is 16.8. The van der Waals surface area contributed by atoms with Gasteiger partial charge in [0, 0.05) is 37.3 Å². The smallest absolute Gasteiger partial charge is 0.261 e. The maximum absolute atomic E-state index is 13.0. The van der Waals surface area contributed by atoms with E-state index >= 15 is 0 Å². The van der Waals surface area contributed by atoms with Crippen molar-refractivity contribution >= 4 is 37.5 Å². The van der Waals surface area contributed by atoms with E-state index in [1.54, 1.807) is 49.6 Å². The molecule has 1 aromatic carbocycles. The summed E-state index contributed by atoms with van der Waals surface area (Å²) < 4.78 is 33.4. The summed E-state index contributed by atoms with van der Waals surface area (Å²) >= 11 is 1.28. The standard InChI is InChI=1S/C19H19N3O4S2/c1-20-18(23)17-16(14-8-5-9-21-19(14)27-17)15-12-22(10-11-26-15)28(24,25)13-6-3-2-4-7-13/h2-9,15H,10-12H2,1H3,(H,20,23)/t15-/m1/s1. The highest BCUT2D eigenvalue weighted by molar-refractivity contribution is 7.89. The van der Waals surface area contributed by atoms with E-state index < -0.39 is 16.1 Å². The average Bonchev–Trinajstić information content (AvgIpc) is 3.13. The van der Waals surface area contributed by atoms with Crippen molar-refractivity contribution in [2.75, 3.05) is 26.7 Å².